The summed E-state index contributed by atoms with van der Waals surface area (Å²) in [5, 5.41) is 0. The molecule has 0 fully saturated rings. The van der Waals surface area contributed by atoms with Crippen LogP contribution in [-0.2, 0) is 4.79 Å². The zero-order valence-corrected chi connectivity index (χ0v) is 12.5. The van der Waals surface area contributed by atoms with Crippen LogP contribution < -0.4 is 22.7 Å². The van der Waals surface area contributed by atoms with Gasteiger partial charge in [0, 0.05) is 0 Å². The van der Waals surface area contributed by atoms with Crippen LogP contribution in [0.1, 0.15) is 60.3 Å². The van der Waals surface area contributed by atoms with E-state index in [0.717, 1.165) is 19.3 Å². The Bertz CT molecular complexity index is 289. The molecule has 0 rings (SSSR count). The molecule has 0 heterocycles. The van der Waals surface area contributed by atoms with Gasteiger partial charge in [-0.25, -0.2) is 5.84 Å². The minimum Gasteiger partial charge on any atom is -0.312 e. The SMILES string of the molecule is CCCC(C)(C)C(N)(N)C(C)(CCC)C(=O)NN. The van der Waals surface area contributed by atoms with E-state index in [4.69, 9.17) is 17.3 Å². The highest BCUT2D eigenvalue weighted by molar-refractivity contribution is 5.83. The van der Waals surface area contributed by atoms with Crippen molar-refractivity contribution in [3.05, 3.63) is 0 Å². The molecule has 7 N–H and O–H groups in total. The van der Waals surface area contributed by atoms with Gasteiger partial charge >= 0.3 is 0 Å². The van der Waals surface area contributed by atoms with Gasteiger partial charge in [-0.1, -0.05) is 40.5 Å². The fourth-order valence-electron chi connectivity index (χ4n) is 2.75. The largest absolute Gasteiger partial charge is 0.312 e. The van der Waals surface area contributed by atoms with Gasteiger partial charge in [0.15, 0.2) is 0 Å². The highest BCUT2D eigenvalue weighted by Crippen LogP contribution is 2.44. The third-order valence-electron chi connectivity index (χ3n) is 4.29. The lowest BCUT2D eigenvalue weighted by Crippen LogP contribution is -2.73. The Balaban J connectivity index is 5.52. The molecular weight excluding hydrogens is 228 g/mol. The van der Waals surface area contributed by atoms with Gasteiger partial charge in [0.25, 0.3) is 0 Å². The van der Waals surface area contributed by atoms with Gasteiger partial charge in [0.05, 0.1) is 11.1 Å². The maximum absolute atomic E-state index is 12.1. The van der Waals surface area contributed by atoms with E-state index in [-0.39, 0.29) is 11.3 Å². The second-order valence-electron chi connectivity index (χ2n) is 6.06. The van der Waals surface area contributed by atoms with E-state index in [0.29, 0.717) is 6.42 Å². The second-order valence-corrected chi connectivity index (χ2v) is 6.06. The molecule has 0 aromatic heterocycles. The van der Waals surface area contributed by atoms with Crippen molar-refractivity contribution in [3.63, 3.8) is 0 Å². The molecule has 0 aliphatic rings. The van der Waals surface area contributed by atoms with Gasteiger partial charge in [-0.3, -0.25) is 10.2 Å². The Morgan fingerprint density at radius 3 is 1.83 bits per heavy atom. The molecule has 0 aromatic rings. The Hall–Kier alpha value is -0.650. The van der Waals surface area contributed by atoms with Crippen LogP contribution >= 0.6 is 0 Å². The summed E-state index contributed by atoms with van der Waals surface area (Å²) in [7, 11) is 0. The lowest BCUT2D eigenvalue weighted by atomic mass is 9.60. The van der Waals surface area contributed by atoms with Gasteiger partial charge in [-0.2, -0.15) is 0 Å². The first-order valence-corrected chi connectivity index (χ1v) is 6.69. The molecule has 0 spiro atoms. The monoisotopic (exact) mass is 258 g/mol. The minimum absolute atomic E-state index is 0.293. The molecule has 0 saturated carbocycles. The maximum Gasteiger partial charge on any atom is 0.243 e. The third kappa shape index (κ3) is 2.84. The van der Waals surface area contributed by atoms with Crippen LogP contribution in [0, 0.1) is 10.8 Å². The van der Waals surface area contributed by atoms with Crippen molar-refractivity contribution in [3.8, 4) is 0 Å². The smallest absolute Gasteiger partial charge is 0.243 e. The number of rotatable bonds is 7. The lowest BCUT2D eigenvalue weighted by molar-refractivity contribution is -0.139. The second kappa shape index (κ2) is 5.99. The number of hydrazine groups is 1. The standard InChI is InChI=1S/C13H30N4O/c1-6-8-11(3,4)13(14,15)12(5,9-7-2)10(18)17-16/h6-9,14-16H2,1-5H3,(H,17,18). The zero-order chi connectivity index (χ0) is 14.6. The van der Waals surface area contributed by atoms with Crippen LogP contribution in [0.25, 0.3) is 0 Å². The first kappa shape index (κ1) is 17.4. The molecule has 0 aliphatic carbocycles. The highest BCUT2D eigenvalue weighted by Gasteiger charge is 2.55. The molecule has 108 valence electrons. The van der Waals surface area contributed by atoms with Crippen LogP contribution in [0.15, 0.2) is 0 Å². The summed E-state index contributed by atoms with van der Waals surface area (Å²) < 4.78 is 0. The zero-order valence-electron chi connectivity index (χ0n) is 12.5. The molecule has 1 unspecified atom stereocenters. The number of carbonyl (C=O) groups is 1. The molecular formula is C13H30N4O. The molecule has 1 amide bonds. The van der Waals surface area contributed by atoms with Crippen molar-refractivity contribution in [1.29, 1.82) is 0 Å². The fraction of sp³-hybridized carbons (Fsp3) is 0.923. The average Bonchev–Trinajstić information content (AvgIpc) is 2.27. The molecule has 0 aliphatic heterocycles. The van der Waals surface area contributed by atoms with E-state index in [1.165, 1.54) is 0 Å². The van der Waals surface area contributed by atoms with Gasteiger partial charge in [-0.15, -0.1) is 0 Å². The normalized spacial score (nSPS) is 16.2. The Morgan fingerprint density at radius 1 is 1.06 bits per heavy atom. The van der Waals surface area contributed by atoms with Crippen molar-refractivity contribution in [1.82, 2.24) is 5.43 Å². The van der Waals surface area contributed by atoms with Crippen molar-refractivity contribution >= 4 is 5.91 Å². The Kier molecular flexibility index (Phi) is 5.78. The summed E-state index contributed by atoms with van der Waals surface area (Å²) >= 11 is 0. The van der Waals surface area contributed by atoms with Crippen LogP contribution in [0.4, 0.5) is 0 Å². The molecule has 0 radical (unpaired) electrons. The molecule has 0 aromatic carbocycles. The lowest BCUT2D eigenvalue weighted by Gasteiger charge is -2.51. The highest BCUT2D eigenvalue weighted by atomic mass is 16.2. The third-order valence-corrected chi connectivity index (χ3v) is 4.29. The number of hydrogen-bond acceptors (Lipinski definition) is 4. The number of hydrogen-bond donors (Lipinski definition) is 4. The van der Waals surface area contributed by atoms with E-state index >= 15 is 0 Å². The molecule has 18 heavy (non-hydrogen) atoms. The molecule has 1 atom stereocenters. The Labute approximate surface area is 111 Å². The van der Waals surface area contributed by atoms with Crippen LogP contribution in [0.2, 0.25) is 0 Å². The van der Waals surface area contributed by atoms with E-state index < -0.39 is 11.1 Å². The van der Waals surface area contributed by atoms with E-state index in [2.05, 4.69) is 12.3 Å². The topological polar surface area (TPSA) is 107 Å². The predicted molar refractivity (Wildman–Crippen MR) is 75.1 cm³/mol. The van der Waals surface area contributed by atoms with Gasteiger partial charge in [0.2, 0.25) is 5.91 Å². The number of nitrogens with two attached hydrogens (primary N) is 3. The molecule has 5 heteroatoms. The van der Waals surface area contributed by atoms with Crippen molar-refractivity contribution in [2.45, 2.75) is 66.0 Å². The van der Waals surface area contributed by atoms with Gasteiger partial charge < -0.3 is 11.5 Å². The summed E-state index contributed by atoms with van der Waals surface area (Å²) in [5.41, 5.74) is 12.6. The average molecular weight is 258 g/mol. The van der Waals surface area contributed by atoms with Gasteiger partial charge in [0.1, 0.15) is 0 Å². The first-order valence-electron chi connectivity index (χ1n) is 6.69. The summed E-state index contributed by atoms with van der Waals surface area (Å²) in [6.07, 6.45) is 3.26. The predicted octanol–water partition coefficient (Wildman–Crippen LogP) is 1.22. The van der Waals surface area contributed by atoms with Crippen molar-refractivity contribution < 1.29 is 4.79 Å². The number of carbonyl (C=O) groups excluding carboxylic acids is 1. The first-order chi connectivity index (χ1) is 8.10. The molecule has 0 bridgehead atoms. The number of nitrogens with one attached hydrogen (secondary N) is 1. The fourth-order valence-corrected chi connectivity index (χ4v) is 2.75. The van der Waals surface area contributed by atoms with Crippen molar-refractivity contribution in [2.75, 3.05) is 0 Å². The van der Waals surface area contributed by atoms with Gasteiger partial charge in [-0.05, 0) is 25.2 Å². The number of amides is 1. The van der Waals surface area contributed by atoms with Crippen LogP contribution in [0.5, 0.6) is 0 Å². The summed E-state index contributed by atoms with van der Waals surface area (Å²) in [5.74, 6) is 5.00. The van der Waals surface area contributed by atoms with E-state index in [9.17, 15) is 4.79 Å². The van der Waals surface area contributed by atoms with Crippen molar-refractivity contribution in [2.24, 2.45) is 28.1 Å². The molecule has 5 nitrogen and oxygen atoms in total. The quantitative estimate of drug-likeness (QED) is 0.238. The molecule has 0 saturated heterocycles. The summed E-state index contributed by atoms with van der Waals surface area (Å²) in [4.78, 5) is 12.1. The summed E-state index contributed by atoms with van der Waals surface area (Å²) in [6, 6.07) is 0. The van der Waals surface area contributed by atoms with E-state index in [1.807, 2.05) is 20.8 Å². The summed E-state index contributed by atoms with van der Waals surface area (Å²) in [6.45, 7) is 9.90. The maximum atomic E-state index is 12.1. The Morgan fingerprint density at radius 2 is 1.50 bits per heavy atom. The van der Waals surface area contributed by atoms with Crippen LogP contribution in [-0.4, -0.2) is 11.6 Å². The van der Waals surface area contributed by atoms with Crippen LogP contribution in [0.3, 0.4) is 0 Å². The minimum atomic E-state index is -1.12. The van der Waals surface area contributed by atoms with E-state index in [1.54, 1.807) is 6.92 Å².